The number of carbonyl (C=O) groups is 1. The zero-order chi connectivity index (χ0) is 16.7. The van der Waals surface area contributed by atoms with Crippen LogP contribution < -0.4 is 15.5 Å². The average molecular weight is 307 g/mol. The van der Waals surface area contributed by atoms with E-state index in [1.54, 1.807) is 0 Å². The lowest BCUT2D eigenvalue weighted by Gasteiger charge is -2.19. The van der Waals surface area contributed by atoms with E-state index < -0.39 is 0 Å². The highest BCUT2D eigenvalue weighted by Crippen LogP contribution is 2.20. The molecule has 3 N–H and O–H groups in total. The summed E-state index contributed by atoms with van der Waals surface area (Å²) in [4.78, 5) is 13.8. The van der Waals surface area contributed by atoms with Crippen LogP contribution in [0, 0.1) is 12.8 Å². The molecule has 22 heavy (non-hydrogen) atoms. The van der Waals surface area contributed by atoms with Gasteiger partial charge in [-0.15, -0.1) is 0 Å². The summed E-state index contributed by atoms with van der Waals surface area (Å²) in [6.45, 7) is 6.93. The maximum Gasteiger partial charge on any atom is 0.315 e. The van der Waals surface area contributed by atoms with Crippen molar-refractivity contribution in [2.45, 2.75) is 39.8 Å². The lowest BCUT2D eigenvalue weighted by Crippen LogP contribution is -2.37. The van der Waals surface area contributed by atoms with Crippen molar-refractivity contribution in [1.82, 2.24) is 10.6 Å². The Bertz CT molecular complexity index is 487. The molecule has 0 aliphatic carbocycles. The van der Waals surface area contributed by atoms with E-state index in [1.807, 2.05) is 45.0 Å². The third-order valence-corrected chi connectivity index (χ3v) is 3.66. The highest BCUT2D eigenvalue weighted by atomic mass is 16.3. The summed E-state index contributed by atoms with van der Waals surface area (Å²) in [7, 11) is 3.98. The smallest absolute Gasteiger partial charge is 0.315 e. The Balaban J connectivity index is 2.44. The number of hydrogen-bond acceptors (Lipinski definition) is 3. The van der Waals surface area contributed by atoms with Crippen LogP contribution in [0.1, 0.15) is 31.4 Å². The highest BCUT2D eigenvalue weighted by molar-refractivity contribution is 5.74. The predicted octanol–water partition coefficient (Wildman–Crippen LogP) is 2.27. The third kappa shape index (κ3) is 5.93. The van der Waals surface area contributed by atoms with Crippen LogP contribution in [-0.2, 0) is 6.54 Å². The summed E-state index contributed by atoms with van der Waals surface area (Å²) in [5.41, 5.74) is 3.38. The van der Waals surface area contributed by atoms with Gasteiger partial charge in [-0.05, 0) is 36.5 Å². The zero-order valence-electron chi connectivity index (χ0n) is 14.3. The van der Waals surface area contributed by atoms with Crippen LogP contribution in [0.5, 0.6) is 0 Å². The van der Waals surface area contributed by atoms with Gasteiger partial charge >= 0.3 is 6.03 Å². The Labute approximate surface area is 133 Å². The van der Waals surface area contributed by atoms with Gasteiger partial charge in [-0.2, -0.15) is 0 Å². The molecule has 0 aliphatic heterocycles. The van der Waals surface area contributed by atoms with Crippen molar-refractivity contribution in [3.05, 3.63) is 29.3 Å². The summed E-state index contributed by atoms with van der Waals surface area (Å²) in [5.74, 6) is 0.208. The minimum Gasteiger partial charge on any atom is -0.393 e. The van der Waals surface area contributed by atoms with E-state index in [1.165, 1.54) is 5.56 Å². The second kappa shape index (κ2) is 8.63. The minimum atomic E-state index is -0.377. The minimum absolute atomic E-state index is 0.207. The van der Waals surface area contributed by atoms with Crippen LogP contribution in [0.25, 0.3) is 0 Å². The number of rotatable bonds is 7. The fourth-order valence-electron chi connectivity index (χ4n) is 2.14. The van der Waals surface area contributed by atoms with Crippen molar-refractivity contribution in [2.24, 2.45) is 5.92 Å². The maximum absolute atomic E-state index is 11.8. The Kier molecular flexibility index (Phi) is 7.18. The Morgan fingerprint density at radius 1 is 1.27 bits per heavy atom. The van der Waals surface area contributed by atoms with Gasteiger partial charge < -0.3 is 20.6 Å². The number of benzene rings is 1. The molecule has 1 rings (SSSR count). The predicted molar refractivity (Wildman–Crippen MR) is 91.2 cm³/mol. The molecule has 0 saturated heterocycles. The fourth-order valence-corrected chi connectivity index (χ4v) is 2.14. The van der Waals surface area contributed by atoms with Crippen molar-refractivity contribution >= 4 is 11.7 Å². The lowest BCUT2D eigenvalue weighted by molar-refractivity contribution is 0.116. The third-order valence-electron chi connectivity index (χ3n) is 3.66. The summed E-state index contributed by atoms with van der Waals surface area (Å²) >= 11 is 0. The van der Waals surface area contributed by atoms with Crippen molar-refractivity contribution in [1.29, 1.82) is 0 Å². The first-order valence-corrected chi connectivity index (χ1v) is 7.78. The average Bonchev–Trinajstić information content (AvgIpc) is 2.45. The first-order chi connectivity index (χ1) is 10.3. The maximum atomic E-state index is 11.8. The summed E-state index contributed by atoms with van der Waals surface area (Å²) in [5, 5.41) is 15.3. The van der Waals surface area contributed by atoms with E-state index in [2.05, 4.69) is 23.6 Å². The molecule has 1 atom stereocenters. The number of aliphatic hydroxyl groups excluding tert-OH is 1. The van der Waals surface area contributed by atoms with E-state index >= 15 is 0 Å². The Hall–Kier alpha value is -1.75. The molecule has 5 nitrogen and oxygen atoms in total. The molecule has 1 aromatic rings. The van der Waals surface area contributed by atoms with Gasteiger partial charge in [-0.1, -0.05) is 26.0 Å². The molecule has 0 heterocycles. The molecule has 0 radical (unpaired) electrons. The molecule has 0 saturated carbocycles. The first-order valence-electron chi connectivity index (χ1n) is 7.78. The van der Waals surface area contributed by atoms with Crippen LogP contribution in [0.2, 0.25) is 0 Å². The van der Waals surface area contributed by atoms with E-state index in [0.717, 1.165) is 11.3 Å². The first kappa shape index (κ1) is 18.3. The summed E-state index contributed by atoms with van der Waals surface area (Å²) in [6, 6.07) is 5.98. The lowest BCUT2D eigenvalue weighted by atomic mass is 10.0. The van der Waals surface area contributed by atoms with E-state index in [-0.39, 0.29) is 18.1 Å². The van der Waals surface area contributed by atoms with Gasteiger partial charge in [0.15, 0.2) is 0 Å². The van der Waals surface area contributed by atoms with Crippen molar-refractivity contribution < 1.29 is 9.90 Å². The second-order valence-corrected chi connectivity index (χ2v) is 6.24. The molecule has 2 amide bonds. The molecule has 1 aromatic carbocycles. The molecule has 124 valence electrons. The van der Waals surface area contributed by atoms with Crippen LogP contribution in [0.4, 0.5) is 10.5 Å². The topological polar surface area (TPSA) is 64.6 Å². The van der Waals surface area contributed by atoms with Crippen LogP contribution in [0.3, 0.4) is 0 Å². The summed E-state index contributed by atoms with van der Waals surface area (Å²) in [6.07, 6.45) is 0.191. The molecule has 1 unspecified atom stereocenters. The van der Waals surface area contributed by atoms with Crippen LogP contribution in [-0.4, -0.2) is 37.9 Å². The number of nitrogens with zero attached hydrogens (tertiary/aromatic N) is 1. The molecule has 5 heteroatoms. The van der Waals surface area contributed by atoms with Gasteiger partial charge in [0, 0.05) is 32.9 Å². The van der Waals surface area contributed by atoms with Crippen LogP contribution >= 0.6 is 0 Å². The quantitative estimate of drug-likeness (QED) is 0.724. The van der Waals surface area contributed by atoms with Gasteiger partial charge in [0.2, 0.25) is 0 Å². The van der Waals surface area contributed by atoms with Crippen molar-refractivity contribution in [2.75, 3.05) is 25.5 Å². The molecular weight excluding hydrogens is 278 g/mol. The fraction of sp³-hybridized carbons (Fsp3) is 0.588. The number of aryl methyl sites for hydroxylation is 1. The Morgan fingerprint density at radius 3 is 2.55 bits per heavy atom. The number of aliphatic hydroxyl groups is 1. The molecular formula is C17H29N3O2. The normalized spacial score (nSPS) is 12.1. The van der Waals surface area contributed by atoms with E-state index in [0.29, 0.717) is 19.5 Å². The van der Waals surface area contributed by atoms with Gasteiger partial charge in [0.1, 0.15) is 0 Å². The zero-order valence-corrected chi connectivity index (χ0v) is 14.3. The van der Waals surface area contributed by atoms with Gasteiger partial charge in [0.05, 0.1) is 6.10 Å². The number of nitrogens with one attached hydrogen (secondary N) is 2. The number of urea groups is 1. The van der Waals surface area contributed by atoms with E-state index in [4.69, 9.17) is 0 Å². The summed E-state index contributed by atoms with van der Waals surface area (Å²) < 4.78 is 0. The largest absolute Gasteiger partial charge is 0.393 e. The highest BCUT2D eigenvalue weighted by Gasteiger charge is 2.10. The van der Waals surface area contributed by atoms with E-state index in [9.17, 15) is 9.90 Å². The molecule has 0 fully saturated rings. The van der Waals surface area contributed by atoms with Gasteiger partial charge in [-0.3, -0.25) is 0 Å². The number of carbonyl (C=O) groups excluding carboxylic acids is 1. The van der Waals surface area contributed by atoms with Crippen molar-refractivity contribution in [3.8, 4) is 0 Å². The van der Waals surface area contributed by atoms with Gasteiger partial charge in [-0.25, -0.2) is 4.79 Å². The molecule has 0 spiro atoms. The molecule has 0 aromatic heterocycles. The SMILES string of the molecule is Cc1ccc(CNC(=O)NCCC(O)C(C)C)c(N(C)C)c1. The number of amides is 2. The van der Waals surface area contributed by atoms with Crippen molar-refractivity contribution in [3.63, 3.8) is 0 Å². The number of hydrogen-bond donors (Lipinski definition) is 3. The Morgan fingerprint density at radius 2 is 1.95 bits per heavy atom. The number of anilines is 1. The standard InChI is InChI=1S/C17H29N3O2/c1-12(2)16(21)8-9-18-17(22)19-11-14-7-6-13(3)10-15(14)20(4)5/h6-7,10,12,16,21H,8-9,11H2,1-5H3,(H2,18,19,22). The van der Waals surface area contributed by atoms with Gasteiger partial charge in [0.25, 0.3) is 0 Å². The second-order valence-electron chi connectivity index (χ2n) is 6.24. The molecule has 0 bridgehead atoms. The monoisotopic (exact) mass is 307 g/mol. The molecule has 0 aliphatic rings. The van der Waals surface area contributed by atoms with Crippen LogP contribution in [0.15, 0.2) is 18.2 Å².